The van der Waals surface area contributed by atoms with Gasteiger partial charge in [-0.3, -0.25) is 0 Å². The van der Waals surface area contributed by atoms with Crippen LogP contribution >= 0.6 is 12.2 Å². The highest BCUT2D eigenvalue weighted by Crippen LogP contribution is 2.10. The lowest BCUT2D eigenvalue weighted by Gasteiger charge is -2.10. The summed E-state index contributed by atoms with van der Waals surface area (Å²) in [6.45, 7) is 0. The molecule has 100 valence electrons. The molecule has 2 heterocycles. The SMILES string of the molecule is O=S1(=O)CC=C(NC(=S)NC2=CCS(=O)(=O)C2)C1. The van der Waals surface area contributed by atoms with Gasteiger partial charge in [0, 0.05) is 11.4 Å². The Bertz CT molecular complexity index is 587. The third-order valence-electron chi connectivity index (χ3n) is 2.47. The summed E-state index contributed by atoms with van der Waals surface area (Å²) in [4.78, 5) is 0. The molecule has 6 nitrogen and oxygen atoms in total. The molecule has 0 fully saturated rings. The molecule has 9 heteroatoms. The normalized spacial score (nSPS) is 24.2. The van der Waals surface area contributed by atoms with Gasteiger partial charge in [-0.1, -0.05) is 0 Å². The third kappa shape index (κ3) is 3.53. The molecular weight excluding hydrogens is 296 g/mol. The lowest BCUT2D eigenvalue weighted by atomic mass is 10.4. The summed E-state index contributed by atoms with van der Waals surface area (Å²) in [6.07, 6.45) is 3.12. The molecule has 0 saturated heterocycles. The number of nitrogens with one attached hydrogen (secondary N) is 2. The first-order chi connectivity index (χ1) is 8.26. The predicted molar refractivity (Wildman–Crippen MR) is 72.3 cm³/mol. The summed E-state index contributed by atoms with van der Waals surface area (Å²) in [7, 11) is -6.08. The van der Waals surface area contributed by atoms with E-state index in [-0.39, 0.29) is 28.1 Å². The number of hydrogen-bond acceptors (Lipinski definition) is 5. The molecular formula is C9H12N2O4S3. The van der Waals surface area contributed by atoms with Crippen LogP contribution in [0.1, 0.15) is 0 Å². The van der Waals surface area contributed by atoms with Crippen molar-refractivity contribution < 1.29 is 16.8 Å². The average Bonchev–Trinajstić information content (AvgIpc) is 2.69. The van der Waals surface area contributed by atoms with E-state index in [9.17, 15) is 16.8 Å². The number of sulfone groups is 2. The topological polar surface area (TPSA) is 92.3 Å². The molecule has 2 N–H and O–H groups in total. The molecule has 0 saturated carbocycles. The van der Waals surface area contributed by atoms with E-state index in [0.29, 0.717) is 11.4 Å². The first-order valence-electron chi connectivity index (χ1n) is 5.13. The van der Waals surface area contributed by atoms with Gasteiger partial charge in [-0.15, -0.1) is 0 Å². The lowest BCUT2D eigenvalue weighted by Crippen LogP contribution is -2.35. The lowest BCUT2D eigenvalue weighted by molar-refractivity contribution is 0.601. The third-order valence-corrected chi connectivity index (χ3v) is 5.52. The van der Waals surface area contributed by atoms with Crippen LogP contribution in [0.4, 0.5) is 0 Å². The zero-order chi connectivity index (χ0) is 13.4. The van der Waals surface area contributed by atoms with Gasteiger partial charge in [0.15, 0.2) is 24.8 Å². The van der Waals surface area contributed by atoms with Crippen molar-refractivity contribution in [1.29, 1.82) is 0 Å². The van der Waals surface area contributed by atoms with Gasteiger partial charge >= 0.3 is 0 Å². The second kappa shape index (κ2) is 4.63. The molecule has 18 heavy (non-hydrogen) atoms. The fraction of sp³-hybridized carbons (Fsp3) is 0.444. The molecule has 0 aromatic heterocycles. The van der Waals surface area contributed by atoms with Gasteiger partial charge in [0.2, 0.25) is 0 Å². The summed E-state index contributed by atoms with van der Waals surface area (Å²) >= 11 is 4.98. The molecule has 2 rings (SSSR count). The molecule has 0 amide bonds. The van der Waals surface area contributed by atoms with Gasteiger partial charge < -0.3 is 10.6 Å². The fourth-order valence-electron chi connectivity index (χ4n) is 1.66. The summed E-state index contributed by atoms with van der Waals surface area (Å²) in [5.74, 6) is -0.109. The van der Waals surface area contributed by atoms with Gasteiger partial charge in [-0.05, 0) is 24.4 Å². The molecule has 2 aliphatic heterocycles. The highest BCUT2D eigenvalue weighted by molar-refractivity contribution is 7.92. The largest absolute Gasteiger partial charge is 0.335 e. The highest BCUT2D eigenvalue weighted by atomic mass is 32.2. The van der Waals surface area contributed by atoms with Crippen LogP contribution in [0.2, 0.25) is 0 Å². The minimum Gasteiger partial charge on any atom is -0.335 e. The minimum atomic E-state index is -3.04. The van der Waals surface area contributed by atoms with E-state index in [2.05, 4.69) is 10.6 Å². The highest BCUT2D eigenvalue weighted by Gasteiger charge is 2.22. The number of rotatable bonds is 2. The fourth-order valence-corrected chi connectivity index (χ4v) is 4.40. The maximum Gasteiger partial charge on any atom is 0.174 e. The second-order valence-electron chi connectivity index (χ2n) is 4.15. The first kappa shape index (κ1) is 13.5. The molecule has 0 aromatic carbocycles. The van der Waals surface area contributed by atoms with E-state index in [1.54, 1.807) is 12.2 Å². The second-order valence-corrected chi connectivity index (χ2v) is 8.77. The average molecular weight is 308 g/mol. The van der Waals surface area contributed by atoms with Crippen LogP contribution in [0.25, 0.3) is 0 Å². The van der Waals surface area contributed by atoms with Crippen LogP contribution in [-0.4, -0.2) is 45.0 Å². The monoisotopic (exact) mass is 308 g/mol. The molecule has 0 bridgehead atoms. The van der Waals surface area contributed by atoms with E-state index in [0.717, 1.165) is 0 Å². The van der Waals surface area contributed by atoms with Crippen molar-refractivity contribution in [2.45, 2.75) is 0 Å². The Morgan fingerprint density at radius 2 is 1.33 bits per heavy atom. The summed E-state index contributed by atoms with van der Waals surface area (Å²) in [6, 6.07) is 0. The molecule has 0 unspecified atom stereocenters. The van der Waals surface area contributed by atoms with Gasteiger partial charge in [0.1, 0.15) is 0 Å². The van der Waals surface area contributed by atoms with Crippen LogP contribution in [-0.2, 0) is 19.7 Å². The summed E-state index contributed by atoms with van der Waals surface area (Å²) in [5.41, 5.74) is 1.04. The van der Waals surface area contributed by atoms with Crippen molar-refractivity contribution in [3.63, 3.8) is 0 Å². The van der Waals surface area contributed by atoms with Crippen LogP contribution in [0.5, 0.6) is 0 Å². The summed E-state index contributed by atoms with van der Waals surface area (Å²) in [5, 5.41) is 5.72. The standard InChI is InChI=1S/C9H12N2O4S3/c12-17(13)3-1-7(5-17)10-9(16)11-8-2-4-18(14,15)6-8/h1-2H,3-6H2,(H2,10,11,16). The quantitative estimate of drug-likeness (QED) is 0.637. The summed E-state index contributed by atoms with van der Waals surface area (Å²) < 4.78 is 44.8. The Hall–Kier alpha value is -0.930. The molecule has 0 spiro atoms. The smallest absolute Gasteiger partial charge is 0.174 e. The maximum absolute atomic E-state index is 11.2. The molecule has 0 atom stereocenters. The van der Waals surface area contributed by atoms with Crippen molar-refractivity contribution in [3.8, 4) is 0 Å². The van der Waals surface area contributed by atoms with Gasteiger partial charge in [0.05, 0.1) is 23.0 Å². The van der Waals surface area contributed by atoms with Crippen LogP contribution < -0.4 is 10.6 Å². The number of thiocarbonyl (C=S) groups is 1. The van der Waals surface area contributed by atoms with E-state index in [1.165, 1.54) is 0 Å². The van der Waals surface area contributed by atoms with Crippen molar-refractivity contribution in [2.24, 2.45) is 0 Å². The van der Waals surface area contributed by atoms with Crippen LogP contribution in [0, 0.1) is 0 Å². The van der Waals surface area contributed by atoms with E-state index in [4.69, 9.17) is 12.2 Å². The molecule has 0 aromatic rings. The van der Waals surface area contributed by atoms with Crippen molar-refractivity contribution in [1.82, 2.24) is 10.6 Å². The Kier molecular flexibility index (Phi) is 3.47. The maximum atomic E-state index is 11.2. The van der Waals surface area contributed by atoms with E-state index in [1.807, 2.05) is 0 Å². The Balaban J connectivity index is 1.88. The molecule has 2 aliphatic rings. The Morgan fingerprint density at radius 3 is 1.61 bits per heavy atom. The van der Waals surface area contributed by atoms with Crippen LogP contribution in [0.3, 0.4) is 0 Å². The molecule has 0 radical (unpaired) electrons. The zero-order valence-corrected chi connectivity index (χ0v) is 11.8. The Morgan fingerprint density at radius 1 is 0.944 bits per heavy atom. The minimum absolute atomic E-state index is 0.00895. The molecule has 0 aliphatic carbocycles. The van der Waals surface area contributed by atoms with Crippen molar-refractivity contribution in [2.75, 3.05) is 23.0 Å². The first-order valence-corrected chi connectivity index (χ1v) is 9.18. The van der Waals surface area contributed by atoms with Gasteiger partial charge in [-0.25, -0.2) is 16.8 Å². The van der Waals surface area contributed by atoms with Crippen LogP contribution in [0.15, 0.2) is 23.5 Å². The Labute approximate surface area is 111 Å². The van der Waals surface area contributed by atoms with Crippen molar-refractivity contribution >= 4 is 37.0 Å². The van der Waals surface area contributed by atoms with E-state index < -0.39 is 19.7 Å². The van der Waals surface area contributed by atoms with Gasteiger partial charge in [-0.2, -0.15) is 0 Å². The zero-order valence-electron chi connectivity index (χ0n) is 9.34. The predicted octanol–water partition coefficient (Wildman–Crippen LogP) is -0.925. The number of hydrogen-bond donors (Lipinski definition) is 2. The van der Waals surface area contributed by atoms with Crippen molar-refractivity contribution in [3.05, 3.63) is 23.5 Å². The van der Waals surface area contributed by atoms with Gasteiger partial charge in [0.25, 0.3) is 0 Å². The van der Waals surface area contributed by atoms with E-state index >= 15 is 0 Å².